The molecule has 0 aliphatic heterocycles. The fourth-order valence-electron chi connectivity index (χ4n) is 2.88. The number of nitrogens with zero attached hydrogens (tertiary/aromatic N) is 4. The van der Waals surface area contributed by atoms with Crippen LogP contribution in [0.15, 0.2) is 72.1 Å². The lowest BCUT2D eigenvalue weighted by Crippen LogP contribution is -2.15. The predicted molar refractivity (Wildman–Crippen MR) is 125 cm³/mol. The molecule has 0 aliphatic carbocycles. The number of aromatic nitrogens is 4. The molecule has 0 radical (unpaired) electrons. The molecule has 31 heavy (non-hydrogen) atoms. The Morgan fingerprint density at radius 1 is 1.10 bits per heavy atom. The first kappa shape index (κ1) is 21.4. The van der Waals surface area contributed by atoms with Crippen LogP contribution in [0.1, 0.15) is 5.56 Å². The second-order valence-corrected chi connectivity index (χ2v) is 8.47. The zero-order valence-electron chi connectivity index (χ0n) is 16.4. The van der Waals surface area contributed by atoms with E-state index >= 15 is 0 Å². The average Bonchev–Trinajstić information content (AvgIpc) is 3.19. The second kappa shape index (κ2) is 9.51. The number of pyridine rings is 1. The maximum atomic E-state index is 12.5. The number of hydrogen-bond donors (Lipinski definition) is 1. The fourth-order valence-corrected chi connectivity index (χ4v) is 4.09. The van der Waals surface area contributed by atoms with Gasteiger partial charge in [-0.1, -0.05) is 52.7 Å². The Balaban J connectivity index is 1.58. The molecule has 0 saturated carbocycles. The molecule has 4 aromatic rings. The van der Waals surface area contributed by atoms with E-state index in [-0.39, 0.29) is 11.7 Å². The maximum Gasteiger partial charge on any atom is 0.234 e. The Hall–Kier alpha value is -2.87. The number of thioether (sulfide) groups is 1. The molecule has 0 bridgehead atoms. The molecule has 0 aliphatic rings. The van der Waals surface area contributed by atoms with Crippen LogP contribution in [0.5, 0.6) is 0 Å². The highest BCUT2D eigenvalue weighted by atomic mass is 35.5. The van der Waals surface area contributed by atoms with Crippen LogP contribution in [0.25, 0.3) is 17.1 Å². The Bertz CT molecular complexity index is 1210. The van der Waals surface area contributed by atoms with E-state index in [1.807, 2.05) is 47.9 Å². The highest BCUT2D eigenvalue weighted by Crippen LogP contribution is 2.29. The van der Waals surface area contributed by atoms with Gasteiger partial charge < -0.3 is 5.32 Å². The van der Waals surface area contributed by atoms with Crippen molar-refractivity contribution in [2.45, 2.75) is 12.1 Å². The van der Waals surface area contributed by atoms with Gasteiger partial charge >= 0.3 is 0 Å². The Kier molecular flexibility index (Phi) is 6.56. The third-order valence-electron chi connectivity index (χ3n) is 4.38. The number of rotatable bonds is 6. The Morgan fingerprint density at radius 2 is 1.90 bits per heavy atom. The molecule has 9 heteroatoms. The van der Waals surface area contributed by atoms with Crippen molar-refractivity contribution >= 4 is 46.6 Å². The van der Waals surface area contributed by atoms with Crippen LogP contribution in [0.2, 0.25) is 10.0 Å². The molecular weight excluding hydrogens is 453 g/mol. The number of hydrogen-bond acceptors (Lipinski definition) is 5. The van der Waals surface area contributed by atoms with Crippen molar-refractivity contribution in [1.29, 1.82) is 0 Å². The van der Waals surface area contributed by atoms with Crippen LogP contribution in [-0.4, -0.2) is 31.4 Å². The molecule has 0 unspecified atom stereocenters. The first-order valence-electron chi connectivity index (χ1n) is 9.32. The summed E-state index contributed by atoms with van der Waals surface area (Å²) >= 11 is 13.3. The predicted octanol–water partition coefficient (Wildman–Crippen LogP) is 5.68. The van der Waals surface area contributed by atoms with Crippen molar-refractivity contribution < 1.29 is 4.79 Å². The lowest BCUT2D eigenvalue weighted by molar-refractivity contribution is -0.113. The number of aryl methyl sites for hydroxylation is 1. The standard InChI is InChI=1S/C22H17Cl2N5OS/c1-14-4-7-17(8-5-14)29-21(15-3-2-10-25-12-15)27-28-22(29)31-13-20(30)26-19-9-6-16(23)11-18(19)24/h2-12H,13H2,1H3,(H,26,30). The Labute approximate surface area is 193 Å². The van der Waals surface area contributed by atoms with E-state index in [2.05, 4.69) is 20.5 Å². The van der Waals surface area contributed by atoms with Gasteiger partial charge in [-0.25, -0.2) is 0 Å². The van der Waals surface area contributed by atoms with Gasteiger partial charge in [-0.05, 0) is 49.4 Å². The summed E-state index contributed by atoms with van der Waals surface area (Å²) in [6.45, 7) is 2.03. The number of benzene rings is 2. The molecule has 0 atom stereocenters. The van der Waals surface area contributed by atoms with Crippen molar-refractivity contribution in [2.75, 3.05) is 11.1 Å². The Morgan fingerprint density at radius 3 is 2.61 bits per heavy atom. The summed E-state index contributed by atoms with van der Waals surface area (Å²) in [5, 5.41) is 13.0. The molecule has 6 nitrogen and oxygen atoms in total. The number of carbonyl (C=O) groups is 1. The highest BCUT2D eigenvalue weighted by molar-refractivity contribution is 7.99. The van der Waals surface area contributed by atoms with Crippen LogP contribution < -0.4 is 5.32 Å². The van der Waals surface area contributed by atoms with Gasteiger partial charge in [-0.15, -0.1) is 10.2 Å². The molecular formula is C22H17Cl2N5OS. The van der Waals surface area contributed by atoms with E-state index in [1.54, 1.807) is 30.6 Å². The van der Waals surface area contributed by atoms with E-state index in [1.165, 1.54) is 11.8 Å². The number of anilines is 1. The van der Waals surface area contributed by atoms with E-state index in [4.69, 9.17) is 23.2 Å². The van der Waals surface area contributed by atoms with E-state index in [0.29, 0.717) is 26.7 Å². The summed E-state index contributed by atoms with van der Waals surface area (Å²) in [7, 11) is 0. The van der Waals surface area contributed by atoms with Gasteiger partial charge in [-0.3, -0.25) is 14.3 Å². The summed E-state index contributed by atoms with van der Waals surface area (Å²) in [6, 6.07) is 16.7. The smallest absolute Gasteiger partial charge is 0.234 e. The summed E-state index contributed by atoms with van der Waals surface area (Å²) in [6.07, 6.45) is 3.44. The largest absolute Gasteiger partial charge is 0.324 e. The quantitative estimate of drug-likeness (QED) is 0.368. The number of carbonyl (C=O) groups excluding carboxylic acids is 1. The first-order chi connectivity index (χ1) is 15.0. The van der Waals surface area contributed by atoms with Crippen LogP contribution in [-0.2, 0) is 4.79 Å². The third kappa shape index (κ3) is 5.07. The van der Waals surface area contributed by atoms with Crippen LogP contribution in [0.4, 0.5) is 5.69 Å². The minimum absolute atomic E-state index is 0.135. The minimum atomic E-state index is -0.212. The normalized spacial score (nSPS) is 10.8. The molecule has 2 heterocycles. The van der Waals surface area contributed by atoms with Gasteiger partial charge in [-0.2, -0.15) is 0 Å². The van der Waals surface area contributed by atoms with E-state index in [9.17, 15) is 4.79 Å². The average molecular weight is 470 g/mol. The van der Waals surface area contributed by atoms with Gasteiger partial charge in [0, 0.05) is 28.7 Å². The van der Waals surface area contributed by atoms with Gasteiger partial charge in [0.15, 0.2) is 11.0 Å². The highest BCUT2D eigenvalue weighted by Gasteiger charge is 2.18. The first-order valence-corrected chi connectivity index (χ1v) is 11.1. The number of nitrogens with one attached hydrogen (secondary N) is 1. The molecule has 0 spiro atoms. The fraction of sp³-hybridized carbons (Fsp3) is 0.0909. The van der Waals surface area contributed by atoms with Crippen molar-refractivity contribution in [2.24, 2.45) is 0 Å². The lowest BCUT2D eigenvalue weighted by atomic mass is 10.2. The van der Waals surface area contributed by atoms with Crippen LogP contribution >= 0.6 is 35.0 Å². The lowest BCUT2D eigenvalue weighted by Gasteiger charge is -2.11. The molecule has 0 fully saturated rings. The van der Waals surface area contributed by atoms with Crippen LogP contribution in [0.3, 0.4) is 0 Å². The van der Waals surface area contributed by atoms with Crippen molar-refractivity contribution in [3.05, 3.63) is 82.6 Å². The zero-order valence-corrected chi connectivity index (χ0v) is 18.7. The SMILES string of the molecule is Cc1ccc(-n2c(SCC(=O)Nc3ccc(Cl)cc3Cl)nnc2-c2cccnc2)cc1. The van der Waals surface area contributed by atoms with Gasteiger partial charge in [0.2, 0.25) is 5.91 Å². The second-order valence-electron chi connectivity index (χ2n) is 6.68. The van der Waals surface area contributed by atoms with Crippen LogP contribution in [0, 0.1) is 6.92 Å². The molecule has 1 amide bonds. The van der Waals surface area contributed by atoms with Crippen molar-refractivity contribution in [3.8, 4) is 17.1 Å². The summed E-state index contributed by atoms with van der Waals surface area (Å²) in [5.41, 5.74) is 3.39. The molecule has 156 valence electrons. The van der Waals surface area contributed by atoms with Gasteiger partial charge in [0.05, 0.1) is 16.5 Å². The summed E-state index contributed by atoms with van der Waals surface area (Å²) in [4.78, 5) is 16.7. The van der Waals surface area contributed by atoms with Crippen molar-refractivity contribution in [3.63, 3.8) is 0 Å². The zero-order chi connectivity index (χ0) is 21.8. The number of halogens is 2. The van der Waals surface area contributed by atoms with Gasteiger partial charge in [0.1, 0.15) is 0 Å². The minimum Gasteiger partial charge on any atom is -0.324 e. The number of amides is 1. The molecule has 4 rings (SSSR count). The summed E-state index contributed by atoms with van der Waals surface area (Å²) < 4.78 is 1.92. The molecule has 1 N–H and O–H groups in total. The topological polar surface area (TPSA) is 72.7 Å². The monoisotopic (exact) mass is 469 g/mol. The third-order valence-corrected chi connectivity index (χ3v) is 5.86. The molecule has 2 aromatic carbocycles. The van der Waals surface area contributed by atoms with E-state index in [0.717, 1.165) is 16.8 Å². The molecule has 0 saturated heterocycles. The van der Waals surface area contributed by atoms with Crippen molar-refractivity contribution in [1.82, 2.24) is 19.7 Å². The van der Waals surface area contributed by atoms with Gasteiger partial charge in [0.25, 0.3) is 0 Å². The maximum absolute atomic E-state index is 12.5. The summed E-state index contributed by atoms with van der Waals surface area (Å²) in [5.74, 6) is 0.576. The van der Waals surface area contributed by atoms with E-state index < -0.39 is 0 Å². The molecule has 2 aromatic heterocycles.